The number of piperazine rings is 1. The smallest absolute Gasteiger partial charge is 0.321 e. The van der Waals surface area contributed by atoms with Crippen molar-refractivity contribution < 1.29 is 14.3 Å². The van der Waals surface area contributed by atoms with Crippen LogP contribution in [0.3, 0.4) is 0 Å². The van der Waals surface area contributed by atoms with Crippen LogP contribution in [0.2, 0.25) is 0 Å². The number of urea groups is 1. The molecule has 0 unspecified atom stereocenters. The van der Waals surface area contributed by atoms with Crippen molar-refractivity contribution in [2.45, 2.75) is 6.92 Å². The predicted molar refractivity (Wildman–Crippen MR) is 96.5 cm³/mol. The topological polar surface area (TPSA) is 54.0 Å². The maximum absolute atomic E-state index is 12.5. The van der Waals surface area contributed by atoms with Gasteiger partial charge in [-0.1, -0.05) is 18.2 Å². The van der Waals surface area contributed by atoms with Crippen LogP contribution in [0.1, 0.15) is 5.56 Å². The van der Waals surface area contributed by atoms with Crippen LogP contribution in [0.5, 0.6) is 11.5 Å². The number of para-hydroxylation sites is 1. The lowest BCUT2D eigenvalue weighted by atomic mass is 10.2. The quantitative estimate of drug-likeness (QED) is 0.914. The average molecular weight is 339 g/mol. The van der Waals surface area contributed by atoms with Crippen molar-refractivity contribution in [2.24, 2.45) is 0 Å². The number of nitrogens with zero attached hydrogens (tertiary/aromatic N) is 2. The van der Waals surface area contributed by atoms with Gasteiger partial charge in [0.15, 0.2) is 11.5 Å². The highest BCUT2D eigenvalue weighted by Crippen LogP contribution is 2.35. The van der Waals surface area contributed by atoms with E-state index < -0.39 is 0 Å². The number of nitrogens with one attached hydrogen (secondary N) is 1. The number of amides is 2. The van der Waals surface area contributed by atoms with E-state index in [2.05, 4.69) is 10.2 Å². The zero-order chi connectivity index (χ0) is 17.2. The van der Waals surface area contributed by atoms with Gasteiger partial charge >= 0.3 is 6.03 Å². The fourth-order valence-electron chi connectivity index (χ4n) is 3.16. The fourth-order valence-corrected chi connectivity index (χ4v) is 3.16. The van der Waals surface area contributed by atoms with Gasteiger partial charge in [-0.05, 0) is 30.7 Å². The molecule has 0 radical (unpaired) electrons. The maximum atomic E-state index is 12.5. The molecule has 25 heavy (non-hydrogen) atoms. The molecule has 2 aromatic carbocycles. The first-order valence-corrected chi connectivity index (χ1v) is 8.47. The third kappa shape index (κ3) is 3.20. The van der Waals surface area contributed by atoms with Crippen LogP contribution in [0, 0.1) is 6.92 Å². The molecule has 0 spiro atoms. The molecule has 2 aliphatic heterocycles. The molecule has 6 nitrogen and oxygen atoms in total. The van der Waals surface area contributed by atoms with E-state index in [-0.39, 0.29) is 12.8 Å². The molecular formula is C19H21N3O3. The monoisotopic (exact) mass is 339 g/mol. The molecule has 1 saturated heterocycles. The lowest BCUT2D eigenvalue weighted by molar-refractivity contribution is 0.174. The lowest BCUT2D eigenvalue weighted by Gasteiger charge is -2.36. The number of benzene rings is 2. The lowest BCUT2D eigenvalue weighted by Crippen LogP contribution is -2.50. The van der Waals surface area contributed by atoms with Gasteiger partial charge in [0.25, 0.3) is 0 Å². The molecular weight excluding hydrogens is 318 g/mol. The minimum absolute atomic E-state index is 0.0420. The number of anilines is 2. The standard InChI is InChI=1S/C19H21N3O3/c1-14-4-2-3-5-16(14)20-19(23)22-10-8-21(9-11-22)15-6-7-17-18(12-15)25-13-24-17/h2-7,12H,8-11,13H2,1H3,(H,20,23). The molecule has 1 fully saturated rings. The summed E-state index contributed by atoms with van der Waals surface area (Å²) < 4.78 is 10.8. The van der Waals surface area contributed by atoms with E-state index in [1.807, 2.05) is 54.3 Å². The molecule has 4 rings (SSSR count). The van der Waals surface area contributed by atoms with Crippen molar-refractivity contribution >= 4 is 17.4 Å². The van der Waals surface area contributed by atoms with Gasteiger partial charge in [0.2, 0.25) is 6.79 Å². The van der Waals surface area contributed by atoms with E-state index in [1.165, 1.54) is 0 Å². The Morgan fingerprint density at radius 3 is 2.56 bits per heavy atom. The molecule has 2 amide bonds. The second-order valence-electron chi connectivity index (χ2n) is 6.26. The van der Waals surface area contributed by atoms with Crippen LogP contribution in [0.4, 0.5) is 16.2 Å². The maximum Gasteiger partial charge on any atom is 0.321 e. The Morgan fingerprint density at radius 2 is 1.76 bits per heavy atom. The average Bonchev–Trinajstić information content (AvgIpc) is 3.11. The van der Waals surface area contributed by atoms with E-state index in [0.29, 0.717) is 13.1 Å². The van der Waals surface area contributed by atoms with Gasteiger partial charge in [0, 0.05) is 43.6 Å². The zero-order valence-corrected chi connectivity index (χ0v) is 14.2. The summed E-state index contributed by atoms with van der Waals surface area (Å²) in [6, 6.07) is 13.8. The number of carbonyl (C=O) groups excluding carboxylic acids is 1. The third-order valence-corrected chi connectivity index (χ3v) is 4.67. The van der Waals surface area contributed by atoms with Gasteiger partial charge < -0.3 is 24.6 Å². The first-order valence-electron chi connectivity index (χ1n) is 8.47. The van der Waals surface area contributed by atoms with E-state index in [0.717, 1.165) is 41.5 Å². The van der Waals surface area contributed by atoms with Crippen molar-refractivity contribution in [3.8, 4) is 11.5 Å². The van der Waals surface area contributed by atoms with E-state index in [4.69, 9.17) is 9.47 Å². The van der Waals surface area contributed by atoms with Gasteiger partial charge in [0.05, 0.1) is 0 Å². The Bertz CT molecular complexity index is 785. The Labute approximate surface area is 146 Å². The Hall–Kier alpha value is -2.89. The SMILES string of the molecule is Cc1ccccc1NC(=O)N1CCN(c2ccc3c(c2)OCO3)CC1. The summed E-state index contributed by atoms with van der Waals surface area (Å²) in [5.74, 6) is 1.58. The van der Waals surface area contributed by atoms with Gasteiger partial charge in [-0.25, -0.2) is 4.79 Å². The Balaban J connectivity index is 1.36. The molecule has 0 saturated carbocycles. The van der Waals surface area contributed by atoms with Crippen molar-refractivity contribution in [2.75, 3.05) is 43.2 Å². The van der Waals surface area contributed by atoms with Crippen LogP contribution in [0.15, 0.2) is 42.5 Å². The number of hydrogen-bond donors (Lipinski definition) is 1. The second-order valence-corrected chi connectivity index (χ2v) is 6.26. The number of fused-ring (bicyclic) bond motifs is 1. The van der Waals surface area contributed by atoms with Gasteiger partial charge in [-0.15, -0.1) is 0 Å². The number of rotatable bonds is 2. The van der Waals surface area contributed by atoms with Crippen molar-refractivity contribution in [3.63, 3.8) is 0 Å². The summed E-state index contributed by atoms with van der Waals surface area (Å²) >= 11 is 0. The van der Waals surface area contributed by atoms with Crippen molar-refractivity contribution in [1.82, 2.24) is 4.90 Å². The molecule has 2 aromatic rings. The van der Waals surface area contributed by atoms with Crippen LogP contribution >= 0.6 is 0 Å². The van der Waals surface area contributed by atoms with Crippen molar-refractivity contribution in [3.05, 3.63) is 48.0 Å². The largest absolute Gasteiger partial charge is 0.454 e. The summed E-state index contributed by atoms with van der Waals surface area (Å²) in [4.78, 5) is 16.6. The van der Waals surface area contributed by atoms with Gasteiger partial charge in [0.1, 0.15) is 0 Å². The molecule has 6 heteroatoms. The van der Waals surface area contributed by atoms with E-state index in [1.54, 1.807) is 0 Å². The third-order valence-electron chi connectivity index (χ3n) is 4.67. The molecule has 1 N–H and O–H groups in total. The second kappa shape index (κ2) is 6.55. The van der Waals surface area contributed by atoms with Crippen molar-refractivity contribution in [1.29, 1.82) is 0 Å². The first-order chi connectivity index (χ1) is 12.2. The molecule has 0 aliphatic carbocycles. The Morgan fingerprint density at radius 1 is 1.00 bits per heavy atom. The zero-order valence-electron chi connectivity index (χ0n) is 14.2. The van der Waals surface area contributed by atoms with E-state index in [9.17, 15) is 4.79 Å². The Kier molecular flexibility index (Phi) is 4.09. The molecule has 2 aliphatic rings. The molecule has 2 heterocycles. The summed E-state index contributed by atoms with van der Waals surface area (Å²) in [6.45, 7) is 5.23. The number of aryl methyl sites for hydroxylation is 1. The van der Waals surface area contributed by atoms with E-state index >= 15 is 0 Å². The summed E-state index contributed by atoms with van der Waals surface area (Å²) in [5.41, 5.74) is 3.03. The fraction of sp³-hybridized carbons (Fsp3) is 0.316. The van der Waals surface area contributed by atoms with Crippen LogP contribution in [0.25, 0.3) is 0 Å². The highest BCUT2D eigenvalue weighted by molar-refractivity contribution is 5.90. The van der Waals surface area contributed by atoms with Crippen LogP contribution in [-0.4, -0.2) is 43.9 Å². The highest BCUT2D eigenvalue weighted by Gasteiger charge is 2.23. The number of ether oxygens (including phenoxy) is 2. The summed E-state index contributed by atoms with van der Waals surface area (Å²) in [5, 5.41) is 3.00. The van der Waals surface area contributed by atoms with Crippen LogP contribution < -0.4 is 19.7 Å². The molecule has 0 aromatic heterocycles. The first kappa shape index (κ1) is 15.6. The number of hydrogen-bond acceptors (Lipinski definition) is 4. The predicted octanol–water partition coefficient (Wildman–Crippen LogP) is 3.08. The summed E-state index contributed by atoms with van der Waals surface area (Å²) in [7, 11) is 0. The normalized spacial score (nSPS) is 16.0. The number of carbonyl (C=O) groups is 1. The van der Waals surface area contributed by atoms with Crippen LogP contribution in [-0.2, 0) is 0 Å². The molecule has 130 valence electrons. The minimum atomic E-state index is -0.0420. The minimum Gasteiger partial charge on any atom is -0.454 e. The molecule has 0 atom stereocenters. The van der Waals surface area contributed by atoms with Gasteiger partial charge in [-0.3, -0.25) is 0 Å². The molecule has 0 bridgehead atoms. The highest BCUT2D eigenvalue weighted by atomic mass is 16.7. The van der Waals surface area contributed by atoms with Gasteiger partial charge in [-0.2, -0.15) is 0 Å². The summed E-state index contributed by atoms with van der Waals surface area (Å²) in [6.07, 6.45) is 0.